The lowest BCUT2D eigenvalue weighted by Gasteiger charge is -2.24. The Bertz CT molecular complexity index is 505. The van der Waals surface area contributed by atoms with E-state index < -0.39 is 5.60 Å². The third-order valence-electron chi connectivity index (χ3n) is 4.06. The van der Waals surface area contributed by atoms with E-state index in [-0.39, 0.29) is 6.09 Å². The van der Waals surface area contributed by atoms with Gasteiger partial charge in [0.1, 0.15) is 5.60 Å². The van der Waals surface area contributed by atoms with Gasteiger partial charge >= 0.3 is 6.09 Å². The number of likely N-dealkylation sites (tertiary alicyclic amines) is 1. The summed E-state index contributed by atoms with van der Waals surface area (Å²) in [6.45, 7) is 12.4. The first-order valence-electron chi connectivity index (χ1n) is 8.71. The molecule has 1 aromatic heterocycles. The molecule has 1 saturated heterocycles. The fourth-order valence-corrected chi connectivity index (χ4v) is 2.96. The number of nitrogens with zero attached hydrogens (tertiary/aromatic N) is 2. The van der Waals surface area contributed by atoms with E-state index in [2.05, 4.69) is 35.1 Å². The van der Waals surface area contributed by atoms with Crippen molar-refractivity contribution in [2.24, 2.45) is 5.92 Å². The van der Waals surface area contributed by atoms with Crippen LogP contribution < -0.4 is 5.32 Å². The Morgan fingerprint density at radius 3 is 2.91 bits per heavy atom. The number of ether oxygens (including phenoxy) is 1. The number of aromatic nitrogens is 1. The van der Waals surface area contributed by atoms with Gasteiger partial charge in [0.25, 0.3) is 0 Å². The van der Waals surface area contributed by atoms with Crippen molar-refractivity contribution in [3.8, 4) is 0 Å². The van der Waals surface area contributed by atoms with Crippen LogP contribution in [0.5, 0.6) is 0 Å². The number of hydrogen-bond acceptors (Lipinski definition) is 3. The van der Waals surface area contributed by atoms with E-state index >= 15 is 0 Å². The van der Waals surface area contributed by atoms with Gasteiger partial charge in [-0.3, -0.25) is 0 Å². The van der Waals surface area contributed by atoms with Crippen LogP contribution in [-0.2, 0) is 17.8 Å². The normalized spacial score (nSPS) is 18.4. The van der Waals surface area contributed by atoms with E-state index in [0.717, 1.165) is 45.6 Å². The molecule has 2 heterocycles. The van der Waals surface area contributed by atoms with Gasteiger partial charge in [0.05, 0.1) is 0 Å². The highest BCUT2D eigenvalue weighted by Gasteiger charge is 2.29. The van der Waals surface area contributed by atoms with Crippen LogP contribution in [0, 0.1) is 5.92 Å². The molecule has 0 aromatic carbocycles. The van der Waals surface area contributed by atoms with Gasteiger partial charge in [-0.25, -0.2) is 4.79 Å². The first kappa shape index (κ1) is 17.9. The van der Waals surface area contributed by atoms with Gasteiger partial charge in [0.2, 0.25) is 0 Å². The van der Waals surface area contributed by atoms with E-state index in [1.807, 2.05) is 25.7 Å². The van der Waals surface area contributed by atoms with E-state index in [1.54, 1.807) is 0 Å². The Balaban J connectivity index is 1.71. The number of carbonyl (C=O) groups is 1. The Labute approximate surface area is 140 Å². The molecule has 1 aliphatic heterocycles. The first-order chi connectivity index (χ1) is 10.9. The van der Waals surface area contributed by atoms with E-state index in [9.17, 15) is 4.79 Å². The second-order valence-electron chi connectivity index (χ2n) is 7.40. The molecule has 23 heavy (non-hydrogen) atoms. The molecule has 1 aliphatic rings. The lowest BCUT2D eigenvalue weighted by Crippen LogP contribution is -2.36. The average molecular weight is 321 g/mol. The van der Waals surface area contributed by atoms with Crippen LogP contribution in [0.2, 0.25) is 0 Å². The zero-order valence-corrected chi connectivity index (χ0v) is 15.0. The third-order valence-corrected chi connectivity index (χ3v) is 4.06. The number of carbonyl (C=O) groups excluding carboxylic acids is 1. The maximum atomic E-state index is 12.1. The van der Waals surface area contributed by atoms with Crippen LogP contribution in [-0.4, -0.2) is 40.8 Å². The number of hydrogen-bond donors (Lipinski definition) is 1. The Morgan fingerprint density at radius 2 is 2.22 bits per heavy atom. The maximum absolute atomic E-state index is 12.1. The summed E-state index contributed by atoms with van der Waals surface area (Å²) in [6.07, 6.45) is 4.15. The minimum atomic E-state index is -0.419. The molecule has 1 aromatic rings. The van der Waals surface area contributed by atoms with Crippen molar-refractivity contribution in [1.29, 1.82) is 0 Å². The quantitative estimate of drug-likeness (QED) is 0.875. The fourth-order valence-electron chi connectivity index (χ4n) is 2.96. The highest BCUT2D eigenvalue weighted by molar-refractivity contribution is 5.68. The second kappa shape index (κ2) is 7.86. The van der Waals surface area contributed by atoms with Crippen LogP contribution in [0.15, 0.2) is 18.3 Å². The molecule has 0 saturated carbocycles. The van der Waals surface area contributed by atoms with E-state index in [0.29, 0.717) is 5.92 Å². The number of rotatable bonds is 6. The maximum Gasteiger partial charge on any atom is 0.410 e. The van der Waals surface area contributed by atoms with Gasteiger partial charge in [-0.1, -0.05) is 6.92 Å². The van der Waals surface area contributed by atoms with Crippen LogP contribution in [0.4, 0.5) is 4.79 Å². The molecule has 0 bridgehead atoms. The number of aryl methyl sites for hydroxylation is 1. The lowest BCUT2D eigenvalue weighted by molar-refractivity contribution is 0.0288. The molecular weight excluding hydrogens is 290 g/mol. The second-order valence-corrected chi connectivity index (χ2v) is 7.40. The summed E-state index contributed by atoms with van der Waals surface area (Å²) in [5, 5.41) is 3.54. The van der Waals surface area contributed by atoms with Gasteiger partial charge in [0.15, 0.2) is 0 Å². The molecule has 0 spiro atoms. The van der Waals surface area contributed by atoms with Crippen molar-refractivity contribution < 1.29 is 9.53 Å². The van der Waals surface area contributed by atoms with Gasteiger partial charge in [-0.05, 0) is 51.7 Å². The number of nitrogens with one attached hydrogen (secondary N) is 1. The highest BCUT2D eigenvalue weighted by atomic mass is 16.6. The molecule has 1 unspecified atom stereocenters. The molecule has 1 amide bonds. The molecule has 0 radical (unpaired) electrons. The zero-order chi connectivity index (χ0) is 16.9. The van der Waals surface area contributed by atoms with Gasteiger partial charge in [-0.2, -0.15) is 0 Å². The molecule has 130 valence electrons. The number of amides is 1. The van der Waals surface area contributed by atoms with Crippen molar-refractivity contribution in [3.63, 3.8) is 0 Å². The molecule has 2 rings (SSSR count). The third kappa shape index (κ3) is 5.57. The van der Waals surface area contributed by atoms with Crippen molar-refractivity contribution in [2.45, 2.75) is 59.2 Å². The van der Waals surface area contributed by atoms with Gasteiger partial charge < -0.3 is 19.5 Å². The lowest BCUT2D eigenvalue weighted by atomic mass is 10.1. The smallest absolute Gasteiger partial charge is 0.410 e. The summed E-state index contributed by atoms with van der Waals surface area (Å²) < 4.78 is 7.74. The average Bonchev–Trinajstić information content (AvgIpc) is 3.07. The Morgan fingerprint density at radius 1 is 1.43 bits per heavy atom. The van der Waals surface area contributed by atoms with Crippen molar-refractivity contribution in [2.75, 3.05) is 19.6 Å². The standard InChI is InChI=1S/C18H31N3O2/c1-5-9-20-10-6-7-16(20)13-19-12-15-8-11-21(14-15)17(22)23-18(2,3)4/h6-7,10,15,19H,5,8-9,11-14H2,1-4H3. The summed E-state index contributed by atoms with van der Waals surface area (Å²) in [6, 6.07) is 4.27. The van der Waals surface area contributed by atoms with Gasteiger partial charge in [0, 0.05) is 44.6 Å². The Kier molecular flexibility index (Phi) is 6.10. The van der Waals surface area contributed by atoms with Crippen LogP contribution >= 0.6 is 0 Å². The molecule has 5 nitrogen and oxygen atoms in total. The highest BCUT2D eigenvalue weighted by Crippen LogP contribution is 2.19. The Hall–Kier alpha value is -1.49. The van der Waals surface area contributed by atoms with E-state index in [4.69, 9.17) is 4.74 Å². The summed E-state index contributed by atoms with van der Waals surface area (Å²) in [7, 11) is 0. The minimum absolute atomic E-state index is 0.183. The topological polar surface area (TPSA) is 46.5 Å². The van der Waals surface area contributed by atoms with Crippen LogP contribution in [0.1, 0.15) is 46.2 Å². The SMILES string of the molecule is CCCn1cccc1CNCC1CCN(C(=O)OC(C)(C)C)C1. The first-order valence-corrected chi connectivity index (χ1v) is 8.71. The molecule has 0 aliphatic carbocycles. The predicted octanol–water partition coefficient (Wildman–Crippen LogP) is 3.24. The van der Waals surface area contributed by atoms with Gasteiger partial charge in [-0.15, -0.1) is 0 Å². The molecule has 1 atom stereocenters. The molecule has 1 N–H and O–H groups in total. The summed E-state index contributed by atoms with van der Waals surface area (Å²) in [4.78, 5) is 13.9. The van der Waals surface area contributed by atoms with Crippen LogP contribution in [0.25, 0.3) is 0 Å². The van der Waals surface area contributed by atoms with E-state index in [1.165, 1.54) is 5.69 Å². The summed E-state index contributed by atoms with van der Waals surface area (Å²) >= 11 is 0. The van der Waals surface area contributed by atoms with Crippen molar-refractivity contribution >= 4 is 6.09 Å². The molecular formula is C18H31N3O2. The predicted molar refractivity (Wildman–Crippen MR) is 92.3 cm³/mol. The fraction of sp³-hybridized carbons (Fsp3) is 0.722. The summed E-state index contributed by atoms with van der Waals surface area (Å²) in [5.74, 6) is 0.511. The largest absolute Gasteiger partial charge is 0.444 e. The molecule has 1 fully saturated rings. The van der Waals surface area contributed by atoms with Crippen molar-refractivity contribution in [3.05, 3.63) is 24.0 Å². The molecule has 5 heteroatoms. The van der Waals surface area contributed by atoms with Crippen LogP contribution in [0.3, 0.4) is 0 Å². The minimum Gasteiger partial charge on any atom is -0.444 e. The zero-order valence-electron chi connectivity index (χ0n) is 15.0. The summed E-state index contributed by atoms with van der Waals surface area (Å²) in [5.41, 5.74) is 0.909. The van der Waals surface area contributed by atoms with Crippen molar-refractivity contribution in [1.82, 2.24) is 14.8 Å². The monoisotopic (exact) mass is 321 g/mol.